The molecule has 0 atom stereocenters. The van der Waals surface area contributed by atoms with Crippen LogP contribution in [0.1, 0.15) is 25.3 Å². The lowest BCUT2D eigenvalue weighted by molar-refractivity contribution is 0.314. The molecule has 1 rings (SSSR count). The summed E-state index contributed by atoms with van der Waals surface area (Å²) in [5, 5.41) is 3.36. The van der Waals surface area contributed by atoms with Gasteiger partial charge in [0, 0.05) is 12.1 Å². The van der Waals surface area contributed by atoms with E-state index in [1.165, 1.54) is 12.5 Å². The number of halogens is 1. The minimum Gasteiger partial charge on any atom is -0.317 e. The summed E-state index contributed by atoms with van der Waals surface area (Å²) in [6.45, 7) is 5.95. The van der Waals surface area contributed by atoms with E-state index in [0.29, 0.717) is 6.54 Å². The van der Waals surface area contributed by atoms with Gasteiger partial charge < -0.3 is 10.2 Å². The second-order valence-corrected chi connectivity index (χ2v) is 4.43. The third-order valence-electron chi connectivity index (χ3n) is 2.72. The van der Waals surface area contributed by atoms with Gasteiger partial charge in [-0.25, -0.2) is 4.39 Å². The van der Waals surface area contributed by atoms with Crippen LogP contribution < -0.4 is 5.32 Å². The Morgan fingerprint density at radius 1 is 1.24 bits per heavy atom. The van der Waals surface area contributed by atoms with Gasteiger partial charge in [-0.15, -0.1) is 0 Å². The molecule has 0 fully saturated rings. The van der Waals surface area contributed by atoms with E-state index in [-0.39, 0.29) is 5.82 Å². The third-order valence-corrected chi connectivity index (χ3v) is 2.72. The van der Waals surface area contributed by atoms with E-state index in [4.69, 9.17) is 0 Å². The molecule has 0 bridgehead atoms. The highest BCUT2D eigenvalue weighted by Gasteiger charge is 2.04. The van der Waals surface area contributed by atoms with Gasteiger partial charge in [-0.05, 0) is 45.6 Å². The van der Waals surface area contributed by atoms with Crippen LogP contribution in [0, 0.1) is 5.82 Å². The van der Waals surface area contributed by atoms with Crippen LogP contribution >= 0.6 is 0 Å². The lowest BCUT2D eigenvalue weighted by Gasteiger charge is -2.17. The molecule has 17 heavy (non-hydrogen) atoms. The van der Waals surface area contributed by atoms with Gasteiger partial charge in [0.05, 0.1) is 0 Å². The number of hydrogen-bond acceptors (Lipinski definition) is 2. The summed E-state index contributed by atoms with van der Waals surface area (Å²) in [5.41, 5.74) is 0.775. The zero-order valence-electron chi connectivity index (χ0n) is 10.9. The van der Waals surface area contributed by atoms with Crippen LogP contribution in [0.3, 0.4) is 0 Å². The molecule has 0 unspecified atom stereocenters. The Morgan fingerprint density at radius 3 is 2.71 bits per heavy atom. The van der Waals surface area contributed by atoms with Gasteiger partial charge in [-0.1, -0.05) is 25.1 Å². The molecule has 2 nitrogen and oxygen atoms in total. The maximum absolute atomic E-state index is 13.4. The van der Waals surface area contributed by atoms with Gasteiger partial charge in [-0.3, -0.25) is 0 Å². The number of rotatable bonds is 8. The molecule has 0 aliphatic heterocycles. The van der Waals surface area contributed by atoms with Crippen LogP contribution in [0.5, 0.6) is 0 Å². The molecular formula is C14H23FN2. The Bertz CT molecular complexity index is 315. The highest BCUT2D eigenvalue weighted by Crippen LogP contribution is 2.08. The molecule has 0 aromatic heterocycles. The smallest absolute Gasteiger partial charge is 0.127 e. The normalized spacial score (nSPS) is 11.1. The van der Waals surface area contributed by atoms with Crippen LogP contribution in [0.4, 0.5) is 4.39 Å². The Morgan fingerprint density at radius 2 is 2.00 bits per heavy atom. The average Bonchev–Trinajstić information content (AvgIpc) is 2.32. The summed E-state index contributed by atoms with van der Waals surface area (Å²) in [6, 6.07) is 6.98. The molecule has 0 spiro atoms. The van der Waals surface area contributed by atoms with Crippen molar-refractivity contribution < 1.29 is 4.39 Å². The molecule has 0 amide bonds. The van der Waals surface area contributed by atoms with Crippen LogP contribution in [-0.2, 0) is 6.54 Å². The first-order valence-electron chi connectivity index (χ1n) is 6.36. The summed E-state index contributed by atoms with van der Waals surface area (Å²) in [4.78, 5) is 2.16. The predicted molar refractivity (Wildman–Crippen MR) is 70.5 cm³/mol. The van der Waals surface area contributed by atoms with Crippen LogP contribution in [0.2, 0.25) is 0 Å². The Labute approximate surface area is 104 Å². The molecule has 1 aromatic rings. The third kappa shape index (κ3) is 5.80. The van der Waals surface area contributed by atoms with Crippen molar-refractivity contribution in [3.8, 4) is 0 Å². The first-order valence-corrected chi connectivity index (χ1v) is 6.36. The van der Waals surface area contributed by atoms with E-state index >= 15 is 0 Å². The standard InChI is InChI=1S/C14H23FN2/c1-3-9-16-10-6-11-17(2)12-13-7-4-5-8-14(13)15/h4-5,7-8,16H,3,6,9-12H2,1-2H3. The fraction of sp³-hybridized carbons (Fsp3) is 0.571. The molecule has 1 N–H and O–H groups in total. The zero-order chi connectivity index (χ0) is 12.5. The Hall–Kier alpha value is -0.930. The van der Waals surface area contributed by atoms with Crippen LogP contribution in [0.15, 0.2) is 24.3 Å². The fourth-order valence-electron chi connectivity index (χ4n) is 1.77. The van der Waals surface area contributed by atoms with Crippen molar-refractivity contribution in [2.45, 2.75) is 26.3 Å². The van der Waals surface area contributed by atoms with Crippen LogP contribution in [0.25, 0.3) is 0 Å². The Kier molecular flexibility index (Phi) is 6.82. The second-order valence-electron chi connectivity index (χ2n) is 4.43. The number of benzene rings is 1. The predicted octanol–water partition coefficient (Wildman–Crippen LogP) is 2.65. The maximum atomic E-state index is 13.4. The monoisotopic (exact) mass is 238 g/mol. The second kappa shape index (κ2) is 8.20. The van der Waals surface area contributed by atoms with Crippen molar-refractivity contribution in [1.82, 2.24) is 10.2 Å². The van der Waals surface area contributed by atoms with E-state index in [2.05, 4.69) is 17.1 Å². The highest BCUT2D eigenvalue weighted by atomic mass is 19.1. The SMILES string of the molecule is CCCNCCCN(C)Cc1ccccc1F. The highest BCUT2D eigenvalue weighted by molar-refractivity contribution is 5.16. The van der Waals surface area contributed by atoms with Gasteiger partial charge in [0.15, 0.2) is 0 Å². The molecule has 0 radical (unpaired) electrons. The zero-order valence-corrected chi connectivity index (χ0v) is 10.9. The lowest BCUT2D eigenvalue weighted by atomic mass is 10.2. The van der Waals surface area contributed by atoms with Gasteiger partial charge in [0.1, 0.15) is 5.82 Å². The summed E-state index contributed by atoms with van der Waals surface area (Å²) >= 11 is 0. The fourth-order valence-corrected chi connectivity index (χ4v) is 1.77. The topological polar surface area (TPSA) is 15.3 Å². The molecule has 0 aliphatic carbocycles. The summed E-state index contributed by atoms with van der Waals surface area (Å²) in [7, 11) is 2.03. The van der Waals surface area contributed by atoms with E-state index < -0.39 is 0 Å². The van der Waals surface area contributed by atoms with Gasteiger partial charge >= 0.3 is 0 Å². The molecule has 1 aromatic carbocycles. The molecular weight excluding hydrogens is 215 g/mol. The quantitative estimate of drug-likeness (QED) is 0.700. The van der Waals surface area contributed by atoms with Gasteiger partial charge in [0.25, 0.3) is 0 Å². The molecule has 3 heteroatoms. The number of hydrogen-bond donors (Lipinski definition) is 1. The van der Waals surface area contributed by atoms with E-state index in [9.17, 15) is 4.39 Å². The van der Waals surface area contributed by atoms with E-state index in [1.54, 1.807) is 6.07 Å². The van der Waals surface area contributed by atoms with Crippen LogP contribution in [-0.4, -0.2) is 31.6 Å². The van der Waals surface area contributed by atoms with Crippen molar-refractivity contribution in [3.05, 3.63) is 35.6 Å². The van der Waals surface area contributed by atoms with Crippen molar-refractivity contribution in [1.29, 1.82) is 0 Å². The molecule has 0 saturated heterocycles. The van der Waals surface area contributed by atoms with Gasteiger partial charge in [0.2, 0.25) is 0 Å². The van der Waals surface area contributed by atoms with E-state index in [1.807, 2.05) is 19.2 Å². The first-order chi connectivity index (χ1) is 8.24. The van der Waals surface area contributed by atoms with Crippen molar-refractivity contribution in [3.63, 3.8) is 0 Å². The summed E-state index contributed by atoms with van der Waals surface area (Å²) in [5.74, 6) is -0.108. The number of nitrogens with one attached hydrogen (secondary N) is 1. The van der Waals surface area contributed by atoms with Crippen molar-refractivity contribution >= 4 is 0 Å². The van der Waals surface area contributed by atoms with E-state index in [0.717, 1.165) is 31.6 Å². The summed E-state index contributed by atoms with van der Waals surface area (Å²) < 4.78 is 13.4. The lowest BCUT2D eigenvalue weighted by Crippen LogP contribution is -2.24. The largest absolute Gasteiger partial charge is 0.317 e. The van der Waals surface area contributed by atoms with Crippen molar-refractivity contribution in [2.75, 3.05) is 26.7 Å². The molecule has 0 saturated carbocycles. The maximum Gasteiger partial charge on any atom is 0.127 e. The average molecular weight is 238 g/mol. The first kappa shape index (κ1) is 14.1. The molecule has 96 valence electrons. The minimum atomic E-state index is -0.108. The number of nitrogens with zero attached hydrogens (tertiary/aromatic N) is 1. The molecule has 0 aliphatic rings. The molecule has 0 heterocycles. The van der Waals surface area contributed by atoms with Crippen molar-refractivity contribution in [2.24, 2.45) is 0 Å². The summed E-state index contributed by atoms with van der Waals surface area (Å²) in [6.07, 6.45) is 2.27. The minimum absolute atomic E-state index is 0.108. The van der Waals surface area contributed by atoms with Gasteiger partial charge in [-0.2, -0.15) is 0 Å². The Balaban J connectivity index is 2.21.